The molecule has 2 atom stereocenters. The van der Waals surface area contributed by atoms with Crippen molar-refractivity contribution >= 4 is 11.6 Å². The number of morpholine rings is 1. The molecule has 1 fully saturated rings. The van der Waals surface area contributed by atoms with Crippen molar-refractivity contribution in [3.63, 3.8) is 0 Å². The van der Waals surface area contributed by atoms with E-state index < -0.39 is 0 Å². The van der Waals surface area contributed by atoms with Gasteiger partial charge in [0.15, 0.2) is 0 Å². The van der Waals surface area contributed by atoms with Crippen molar-refractivity contribution in [1.29, 1.82) is 0 Å². The van der Waals surface area contributed by atoms with E-state index in [2.05, 4.69) is 24.0 Å². The van der Waals surface area contributed by atoms with Crippen molar-refractivity contribution in [2.75, 3.05) is 26.2 Å². The van der Waals surface area contributed by atoms with Crippen LogP contribution in [-0.4, -0.2) is 37.2 Å². The van der Waals surface area contributed by atoms with E-state index in [1.807, 2.05) is 12.1 Å². The predicted octanol–water partition coefficient (Wildman–Crippen LogP) is 2.45. The number of hydrogen-bond acceptors (Lipinski definition) is 3. The molecule has 0 radical (unpaired) electrons. The van der Waals surface area contributed by atoms with Crippen LogP contribution in [0, 0.1) is 0 Å². The number of nitrogens with two attached hydrogens (primary N) is 1. The molecule has 2 N–H and O–H groups in total. The maximum absolute atomic E-state index is 5.94. The lowest BCUT2D eigenvalue weighted by atomic mass is 10.0. The van der Waals surface area contributed by atoms with Crippen LogP contribution in [0.15, 0.2) is 24.3 Å². The highest BCUT2D eigenvalue weighted by Crippen LogP contribution is 2.27. The molecule has 1 aliphatic heterocycles. The molecule has 2 unspecified atom stereocenters. The Labute approximate surface area is 114 Å². The van der Waals surface area contributed by atoms with E-state index >= 15 is 0 Å². The van der Waals surface area contributed by atoms with Gasteiger partial charge in [-0.3, -0.25) is 4.90 Å². The number of nitrogens with zero attached hydrogens (tertiary/aromatic N) is 1. The molecule has 0 spiro atoms. The van der Waals surface area contributed by atoms with Gasteiger partial charge < -0.3 is 10.5 Å². The molecule has 0 saturated carbocycles. The standard InChI is InChI=1S/C14H21ClN2O/c1-2-14(11-3-5-12(15)6-4-11)17-7-8-18-13(9-16)10-17/h3-6,13-14H,2,7-10,16H2,1H3. The van der Waals surface area contributed by atoms with Gasteiger partial charge in [0.1, 0.15) is 0 Å². The van der Waals surface area contributed by atoms with E-state index in [0.29, 0.717) is 12.6 Å². The highest BCUT2D eigenvalue weighted by atomic mass is 35.5. The Balaban J connectivity index is 2.10. The second-order valence-electron chi connectivity index (χ2n) is 4.70. The quantitative estimate of drug-likeness (QED) is 0.912. The molecule has 1 aliphatic rings. The van der Waals surface area contributed by atoms with Gasteiger partial charge in [0, 0.05) is 30.7 Å². The summed E-state index contributed by atoms with van der Waals surface area (Å²) in [7, 11) is 0. The third-order valence-electron chi connectivity index (χ3n) is 3.52. The fourth-order valence-corrected chi connectivity index (χ4v) is 2.68. The number of benzene rings is 1. The van der Waals surface area contributed by atoms with Crippen LogP contribution in [0.5, 0.6) is 0 Å². The van der Waals surface area contributed by atoms with Crippen LogP contribution in [0.4, 0.5) is 0 Å². The molecule has 0 aromatic heterocycles. The first-order valence-corrected chi connectivity index (χ1v) is 6.93. The van der Waals surface area contributed by atoms with Crippen molar-refractivity contribution in [1.82, 2.24) is 4.90 Å². The molecule has 0 bridgehead atoms. The zero-order chi connectivity index (χ0) is 13.0. The van der Waals surface area contributed by atoms with Crippen LogP contribution in [-0.2, 0) is 4.74 Å². The lowest BCUT2D eigenvalue weighted by Crippen LogP contribution is -2.46. The fourth-order valence-electron chi connectivity index (χ4n) is 2.56. The summed E-state index contributed by atoms with van der Waals surface area (Å²) >= 11 is 5.94. The molecule has 1 saturated heterocycles. The Kier molecular flexibility index (Phi) is 5.01. The lowest BCUT2D eigenvalue weighted by molar-refractivity contribution is -0.0396. The molecular weight excluding hydrogens is 248 g/mol. The summed E-state index contributed by atoms with van der Waals surface area (Å²) in [5.41, 5.74) is 7.02. The highest BCUT2D eigenvalue weighted by molar-refractivity contribution is 6.30. The van der Waals surface area contributed by atoms with E-state index in [0.717, 1.165) is 31.1 Å². The summed E-state index contributed by atoms with van der Waals surface area (Å²) < 4.78 is 5.62. The van der Waals surface area contributed by atoms with Crippen LogP contribution in [0.2, 0.25) is 5.02 Å². The molecule has 1 aromatic carbocycles. The average molecular weight is 269 g/mol. The minimum absolute atomic E-state index is 0.167. The van der Waals surface area contributed by atoms with Gasteiger partial charge in [-0.1, -0.05) is 30.7 Å². The maximum atomic E-state index is 5.94. The smallest absolute Gasteiger partial charge is 0.0824 e. The molecule has 100 valence electrons. The largest absolute Gasteiger partial charge is 0.374 e. The Hall–Kier alpha value is -0.610. The van der Waals surface area contributed by atoms with Gasteiger partial charge >= 0.3 is 0 Å². The summed E-state index contributed by atoms with van der Waals surface area (Å²) in [4.78, 5) is 2.46. The van der Waals surface area contributed by atoms with Crippen LogP contribution in [0.1, 0.15) is 24.9 Å². The molecule has 1 aromatic rings. The van der Waals surface area contributed by atoms with E-state index in [1.54, 1.807) is 0 Å². The van der Waals surface area contributed by atoms with Crippen molar-refractivity contribution in [3.05, 3.63) is 34.9 Å². The zero-order valence-corrected chi connectivity index (χ0v) is 11.6. The zero-order valence-electron chi connectivity index (χ0n) is 10.8. The number of halogens is 1. The van der Waals surface area contributed by atoms with E-state index in [-0.39, 0.29) is 6.10 Å². The van der Waals surface area contributed by atoms with Crippen LogP contribution >= 0.6 is 11.6 Å². The summed E-state index contributed by atoms with van der Waals surface area (Å²) in [6.45, 7) is 5.46. The predicted molar refractivity (Wildman–Crippen MR) is 74.9 cm³/mol. The molecule has 0 amide bonds. The van der Waals surface area contributed by atoms with Crippen LogP contribution in [0.25, 0.3) is 0 Å². The van der Waals surface area contributed by atoms with Crippen LogP contribution < -0.4 is 5.73 Å². The van der Waals surface area contributed by atoms with Gasteiger partial charge in [-0.05, 0) is 24.1 Å². The first-order chi connectivity index (χ1) is 8.74. The Morgan fingerprint density at radius 3 is 2.78 bits per heavy atom. The fraction of sp³-hybridized carbons (Fsp3) is 0.571. The molecular formula is C14H21ClN2O. The highest BCUT2D eigenvalue weighted by Gasteiger charge is 2.25. The van der Waals surface area contributed by atoms with E-state index in [1.165, 1.54) is 5.56 Å². The van der Waals surface area contributed by atoms with Crippen molar-refractivity contribution in [3.8, 4) is 0 Å². The van der Waals surface area contributed by atoms with Crippen molar-refractivity contribution in [2.45, 2.75) is 25.5 Å². The van der Waals surface area contributed by atoms with Gasteiger partial charge in [0.05, 0.1) is 12.7 Å². The second kappa shape index (κ2) is 6.53. The summed E-state index contributed by atoms with van der Waals surface area (Å²) in [6, 6.07) is 8.58. The summed E-state index contributed by atoms with van der Waals surface area (Å²) in [6.07, 6.45) is 1.25. The van der Waals surface area contributed by atoms with E-state index in [4.69, 9.17) is 22.1 Å². The molecule has 3 nitrogen and oxygen atoms in total. The van der Waals surface area contributed by atoms with Gasteiger partial charge in [-0.15, -0.1) is 0 Å². The van der Waals surface area contributed by atoms with E-state index in [9.17, 15) is 0 Å². The van der Waals surface area contributed by atoms with Gasteiger partial charge in [-0.2, -0.15) is 0 Å². The van der Waals surface area contributed by atoms with Gasteiger partial charge in [0.25, 0.3) is 0 Å². The Bertz CT molecular complexity index is 369. The minimum Gasteiger partial charge on any atom is -0.374 e. The Morgan fingerprint density at radius 2 is 2.17 bits per heavy atom. The minimum atomic E-state index is 0.167. The van der Waals surface area contributed by atoms with Crippen molar-refractivity contribution in [2.24, 2.45) is 5.73 Å². The molecule has 2 rings (SSSR count). The average Bonchev–Trinajstić information content (AvgIpc) is 2.42. The topological polar surface area (TPSA) is 38.5 Å². The number of rotatable bonds is 4. The Morgan fingerprint density at radius 1 is 1.44 bits per heavy atom. The second-order valence-corrected chi connectivity index (χ2v) is 5.14. The monoisotopic (exact) mass is 268 g/mol. The molecule has 18 heavy (non-hydrogen) atoms. The first-order valence-electron chi connectivity index (χ1n) is 6.55. The molecule has 0 aliphatic carbocycles. The first kappa shape index (κ1) is 13.8. The van der Waals surface area contributed by atoms with Gasteiger partial charge in [-0.25, -0.2) is 0 Å². The summed E-state index contributed by atoms with van der Waals surface area (Å²) in [5, 5.41) is 0.787. The van der Waals surface area contributed by atoms with Crippen LogP contribution in [0.3, 0.4) is 0 Å². The SMILES string of the molecule is CCC(c1ccc(Cl)cc1)N1CCOC(CN)C1. The van der Waals surface area contributed by atoms with Crippen molar-refractivity contribution < 1.29 is 4.74 Å². The third kappa shape index (κ3) is 3.23. The third-order valence-corrected chi connectivity index (χ3v) is 3.77. The molecule has 1 heterocycles. The summed E-state index contributed by atoms with van der Waals surface area (Å²) in [5.74, 6) is 0. The maximum Gasteiger partial charge on any atom is 0.0824 e. The lowest BCUT2D eigenvalue weighted by Gasteiger charge is -2.38. The normalized spacial score (nSPS) is 22.9. The number of ether oxygens (including phenoxy) is 1. The number of hydrogen-bond donors (Lipinski definition) is 1. The molecule has 4 heteroatoms. The van der Waals surface area contributed by atoms with Gasteiger partial charge in [0.2, 0.25) is 0 Å².